The number of hydrogen-bond acceptors (Lipinski definition) is 4. The number of nitrogens with one attached hydrogen (secondary N) is 1. The van der Waals surface area contributed by atoms with Crippen molar-refractivity contribution < 1.29 is 9.59 Å². The van der Waals surface area contributed by atoms with E-state index >= 15 is 0 Å². The molecule has 0 unspecified atom stereocenters. The molecule has 1 aromatic carbocycles. The van der Waals surface area contributed by atoms with Gasteiger partial charge in [-0.15, -0.1) is 0 Å². The summed E-state index contributed by atoms with van der Waals surface area (Å²) in [6, 6.07) is 11.3. The van der Waals surface area contributed by atoms with Gasteiger partial charge in [0.2, 0.25) is 5.91 Å². The molecule has 1 saturated heterocycles. The second kappa shape index (κ2) is 9.07. The monoisotopic (exact) mass is 405 g/mol. The molecule has 3 aromatic rings. The van der Waals surface area contributed by atoms with Gasteiger partial charge in [0.25, 0.3) is 5.91 Å². The van der Waals surface area contributed by atoms with Gasteiger partial charge in [-0.25, -0.2) is 4.98 Å². The predicted molar refractivity (Wildman–Crippen MR) is 115 cm³/mol. The Hall–Kier alpha value is -3.22. The summed E-state index contributed by atoms with van der Waals surface area (Å²) in [6.07, 6.45) is 5.85. The van der Waals surface area contributed by atoms with Crippen LogP contribution in [0, 0.1) is 5.92 Å². The van der Waals surface area contributed by atoms with Crippen molar-refractivity contribution in [3.8, 4) is 0 Å². The molecule has 2 aromatic heterocycles. The van der Waals surface area contributed by atoms with Crippen molar-refractivity contribution in [1.82, 2.24) is 24.8 Å². The molecule has 0 radical (unpaired) electrons. The lowest BCUT2D eigenvalue weighted by molar-refractivity contribution is -0.133. The highest BCUT2D eigenvalue weighted by molar-refractivity contribution is 5.93. The number of para-hydroxylation sites is 2. The van der Waals surface area contributed by atoms with E-state index < -0.39 is 0 Å². The number of carbonyl (C=O) groups is 2. The normalized spacial score (nSPS) is 14.8. The molecule has 0 atom stereocenters. The van der Waals surface area contributed by atoms with Crippen LogP contribution >= 0.6 is 0 Å². The Morgan fingerprint density at radius 1 is 1.13 bits per heavy atom. The van der Waals surface area contributed by atoms with Crippen LogP contribution < -0.4 is 5.32 Å². The molecule has 7 nitrogen and oxygen atoms in total. The van der Waals surface area contributed by atoms with E-state index in [2.05, 4.69) is 17.2 Å². The second-order valence-corrected chi connectivity index (χ2v) is 7.91. The summed E-state index contributed by atoms with van der Waals surface area (Å²) < 4.78 is 1.99. The van der Waals surface area contributed by atoms with Gasteiger partial charge in [0, 0.05) is 38.4 Å². The average Bonchev–Trinajstić information content (AvgIpc) is 3.12. The fraction of sp³-hybridized carbons (Fsp3) is 0.391. The molecule has 0 aliphatic carbocycles. The molecular formula is C23H27N5O2. The molecule has 0 saturated carbocycles. The zero-order chi connectivity index (χ0) is 20.9. The molecule has 30 heavy (non-hydrogen) atoms. The zero-order valence-corrected chi connectivity index (χ0v) is 17.3. The summed E-state index contributed by atoms with van der Waals surface area (Å²) in [4.78, 5) is 35.9. The third-order valence-electron chi connectivity index (χ3n) is 5.72. The van der Waals surface area contributed by atoms with Crippen molar-refractivity contribution in [3.63, 3.8) is 0 Å². The van der Waals surface area contributed by atoms with Gasteiger partial charge < -0.3 is 14.8 Å². The minimum Gasteiger partial charge on any atom is -0.352 e. The van der Waals surface area contributed by atoms with E-state index in [1.807, 2.05) is 33.7 Å². The molecule has 1 N–H and O–H groups in total. The van der Waals surface area contributed by atoms with Gasteiger partial charge in [-0.2, -0.15) is 0 Å². The van der Waals surface area contributed by atoms with Crippen molar-refractivity contribution in [3.05, 3.63) is 60.2 Å². The average molecular weight is 406 g/mol. The van der Waals surface area contributed by atoms with Gasteiger partial charge in [0.15, 0.2) is 0 Å². The minimum absolute atomic E-state index is 0.130. The maximum absolute atomic E-state index is 12.9. The highest BCUT2D eigenvalue weighted by Crippen LogP contribution is 2.19. The predicted octanol–water partition coefficient (Wildman–Crippen LogP) is 2.66. The van der Waals surface area contributed by atoms with Crippen molar-refractivity contribution in [1.29, 1.82) is 0 Å². The Kier molecular flexibility index (Phi) is 6.07. The number of fused-ring (bicyclic) bond motifs is 1. The summed E-state index contributed by atoms with van der Waals surface area (Å²) in [5.74, 6) is 1.46. The number of rotatable bonds is 6. The topological polar surface area (TPSA) is 80.1 Å². The first-order chi connectivity index (χ1) is 14.6. The largest absolute Gasteiger partial charge is 0.352 e. The summed E-state index contributed by atoms with van der Waals surface area (Å²) in [5.41, 5.74) is 2.34. The third-order valence-corrected chi connectivity index (χ3v) is 5.72. The van der Waals surface area contributed by atoms with Gasteiger partial charge in [0.05, 0.1) is 16.6 Å². The molecule has 2 amide bonds. The third kappa shape index (κ3) is 4.50. The molecule has 156 valence electrons. The van der Waals surface area contributed by atoms with Gasteiger partial charge in [0.1, 0.15) is 12.4 Å². The SMILES string of the molecule is CC1CCN(C(=O)Cn2c(CCNC(=O)c3cccnc3)nc3ccccc32)CC1. The molecule has 1 aliphatic heterocycles. The summed E-state index contributed by atoms with van der Waals surface area (Å²) in [6.45, 7) is 4.60. The Morgan fingerprint density at radius 2 is 1.93 bits per heavy atom. The fourth-order valence-corrected chi connectivity index (χ4v) is 3.87. The summed E-state index contributed by atoms with van der Waals surface area (Å²) in [5, 5.41) is 2.91. The molecule has 1 fully saturated rings. The van der Waals surface area contributed by atoms with Crippen molar-refractivity contribution >= 4 is 22.8 Å². The molecule has 4 rings (SSSR count). The fourth-order valence-electron chi connectivity index (χ4n) is 3.87. The molecule has 0 spiro atoms. The van der Waals surface area contributed by atoms with Crippen LogP contribution in [-0.2, 0) is 17.8 Å². The van der Waals surface area contributed by atoms with Crippen LogP contribution in [-0.4, -0.2) is 50.9 Å². The number of carbonyl (C=O) groups excluding carboxylic acids is 2. The lowest BCUT2D eigenvalue weighted by atomic mass is 9.99. The smallest absolute Gasteiger partial charge is 0.252 e. The molecular weight excluding hydrogens is 378 g/mol. The Labute approximate surface area is 176 Å². The van der Waals surface area contributed by atoms with E-state index in [9.17, 15) is 9.59 Å². The second-order valence-electron chi connectivity index (χ2n) is 7.91. The Bertz CT molecular complexity index is 1020. The van der Waals surface area contributed by atoms with E-state index in [1.165, 1.54) is 0 Å². The van der Waals surface area contributed by atoms with Crippen LogP contribution in [0.15, 0.2) is 48.8 Å². The summed E-state index contributed by atoms with van der Waals surface area (Å²) in [7, 11) is 0. The van der Waals surface area contributed by atoms with Crippen LogP contribution in [0.1, 0.15) is 35.9 Å². The van der Waals surface area contributed by atoms with Crippen molar-refractivity contribution in [2.45, 2.75) is 32.7 Å². The minimum atomic E-state index is -0.163. The molecule has 1 aliphatic rings. The van der Waals surface area contributed by atoms with E-state index in [4.69, 9.17) is 4.98 Å². The van der Waals surface area contributed by atoms with Crippen molar-refractivity contribution in [2.24, 2.45) is 5.92 Å². The van der Waals surface area contributed by atoms with Crippen LogP contribution in [0.5, 0.6) is 0 Å². The molecule has 0 bridgehead atoms. The molecule has 3 heterocycles. The van der Waals surface area contributed by atoms with Gasteiger partial charge in [-0.05, 0) is 43.0 Å². The van der Waals surface area contributed by atoms with Gasteiger partial charge >= 0.3 is 0 Å². The van der Waals surface area contributed by atoms with E-state index in [1.54, 1.807) is 24.5 Å². The lowest BCUT2D eigenvalue weighted by Crippen LogP contribution is -2.40. The first-order valence-corrected chi connectivity index (χ1v) is 10.5. The molecule has 7 heteroatoms. The van der Waals surface area contributed by atoms with Gasteiger partial charge in [-0.1, -0.05) is 19.1 Å². The first kappa shape index (κ1) is 20.1. The van der Waals surface area contributed by atoms with Crippen LogP contribution in [0.2, 0.25) is 0 Å². The highest BCUT2D eigenvalue weighted by Gasteiger charge is 2.22. The number of piperidine rings is 1. The standard InChI is InChI=1S/C23H27N5O2/c1-17-9-13-27(14-10-17)22(29)16-28-20-7-3-2-6-19(20)26-21(28)8-12-25-23(30)18-5-4-11-24-15-18/h2-7,11,15,17H,8-10,12-14,16H2,1H3,(H,25,30). The van der Waals surface area contributed by atoms with E-state index in [0.29, 0.717) is 24.4 Å². The number of hydrogen-bond donors (Lipinski definition) is 1. The highest BCUT2D eigenvalue weighted by atomic mass is 16.2. The number of imidazole rings is 1. The van der Waals surface area contributed by atoms with Crippen molar-refractivity contribution in [2.75, 3.05) is 19.6 Å². The number of pyridine rings is 1. The van der Waals surface area contributed by atoms with Crippen LogP contribution in [0.3, 0.4) is 0 Å². The quantitative estimate of drug-likeness (QED) is 0.684. The van der Waals surface area contributed by atoms with E-state index in [0.717, 1.165) is 42.8 Å². The van der Waals surface area contributed by atoms with Crippen LogP contribution in [0.4, 0.5) is 0 Å². The van der Waals surface area contributed by atoms with Crippen LogP contribution in [0.25, 0.3) is 11.0 Å². The van der Waals surface area contributed by atoms with Gasteiger partial charge in [-0.3, -0.25) is 14.6 Å². The lowest BCUT2D eigenvalue weighted by Gasteiger charge is -2.30. The number of likely N-dealkylation sites (tertiary alicyclic amines) is 1. The Morgan fingerprint density at radius 3 is 2.70 bits per heavy atom. The first-order valence-electron chi connectivity index (χ1n) is 10.5. The maximum Gasteiger partial charge on any atom is 0.252 e. The number of amides is 2. The van der Waals surface area contributed by atoms with E-state index in [-0.39, 0.29) is 18.4 Å². The zero-order valence-electron chi connectivity index (χ0n) is 17.3. The number of aromatic nitrogens is 3. The number of benzene rings is 1. The maximum atomic E-state index is 12.9. The Balaban J connectivity index is 1.46. The summed E-state index contributed by atoms with van der Waals surface area (Å²) >= 11 is 0. The number of nitrogens with zero attached hydrogens (tertiary/aromatic N) is 4.